The number of rotatable bonds is 7. The van der Waals surface area contributed by atoms with Gasteiger partial charge in [0.2, 0.25) is 10.0 Å². The smallest absolute Gasteiger partial charge is 0.267 e. The number of ether oxygens (including phenoxy) is 1. The van der Waals surface area contributed by atoms with Crippen LogP contribution < -0.4 is 9.46 Å². The molecule has 4 fully saturated rings. The molecule has 28 heavy (non-hydrogen) atoms. The summed E-state index contributed by atoms with van der Waals surface area (Å²) in [4.78, 5) is 12.4. The Balaban J connectivity index is 1.32. The first-order chi connectivity index (χ1) is 13.4. The van der Waals surface area contributed by atoms with Crippen LogP contribution in [0.3, 0.4) is 0 Å². The van der Waals surface area contributed by atoms with Crippen LogP contribution >= 0.6 is 0 Å². The summed E-state index contributed by atoms with van der Waals surface area (Å²) in [6.07, 6.45) is 8.06. The summed E-state index contributed by atoms with van der Waals surface area (Å²) >= 11 is 0. The molecule has 0 radical (unpaired) electrons. The lowest BCUT2D eigenvalue weighted by molar-refractivity contribution is 0.0977. The van der Waals surface area contributed by atoms with E-state index in [1.165, 1.54) is 37.8 Å². The molecule has 4 aliphatic rings. The number of carbonyl (C=O) groups excluding carboxylic acids is 1. The van der Waals surface area contributed by atoms with Crippen LogP contribution in [0.4, 0.5) is 4.39 Å². The highest BCUT2D eigenvalue weighted by Crippen LogP contribution is 2.51. The second kappa shape index (κ2) is 6.71. The van der Waals surface area contributed by atoms with Gasteiger partial charge in [0.15, 0.2) is 0 Å². The first kappa shape index (κ1) is 18.4. The van der Waals surface area contributed by atoms with Crippen LogP contribution in [0.2, 0.25) is 0 Å². The van der Waals surface area contributed by atoms with Crippen LogP contribution in [0.5, 0.6) is 5.75 Å². The van der Waals surface area contributed by atoms with E-state index < -0.39 is 27.0 Å². The molecule has 5 nitrogen and oxygen atoms in total. The second-order valence-electron chi connectivity index (χ2n) is 9.07. The van der Waals surface area contributed by atoms with E-state index in [2.05, 4.69) is 0 Å². The first-order valence-electron chi connectivity index (χ1n) is 10.4. The Morgan fingerprint density at radius 3 is 2.54 bits per heavy atom. The maximum absolute atomic E-state index is 14.7. The quantitative estimate of drug-likeness (QED) is 0.747. The molecular weight excluding hydrogens is 381 g/mol. The summed E-state index contributed by atoms with van der Waals surface area (Å²) in [6.45, 7) is 0.587. The first-order valence-corrected chi connectivity index (χ1v) is 12.0. The standard InChI is InChI=1S/C21H26FNO4S/c22-19-10-20(27-11-12-1-2-14-8-15(14)7-12)17(13-3-4-13)9-18(19)21(24)23-28(25,26)16-5-6-16/h9-10,12-16H,1-8,11H2,(H,23,24)/t12?,14-,15+/m0/s1. The Labute approximate surface area is 165 Å². The zero-order valence-electron chi connectivity index (χ0n) is 15.8. The van der Waals surface area contributed by atoms with E-state index in [0.29, 0.717) is 31.1 Å². The molecule has 1 N–H and O–H groups in total. The topological polar surface area (TPSA) is 72.5 Å². The monoisotopic (exact) mass is 407 g/mol. The maximum atomic E-state index is 14.7. The molecule has 4 aliphatic carbocycles. The third-order valence-corrected chi connectivity index (χ3v) is 8.50. The van der Waals surface area contributed by atoms with E-state index in [0.717, 1.165) is 30.2 Å². The molecule has 3 atom stereocenters. The van der Waals surface area contributed by atoms with Crippen molar-refractivity contribution >= 4 is 15.9 Å². The third-order valence-electron chi connectivity index (χ3n) is 6.68. The number of benzene rings is 1. The Kier molecular flexibility index (Phi) is 4.41. The van der Waals surface area contributed by atoms with E-state index >= 15 is 0 Å². The molecule has 4 saturated carbocycles. The minimum absolute atomic E-state index is 0.211. The fourth-order valence-electron chi connectivity index (χ4n) is 4.54. The summed E-state index contributed by atoms with van der Waals surface area (Å²) in [6, 6.07) is 2.77. The number of amides is 1. The number of carbonyl (C=O) groups is 1. The van der Waals surface area contributed by atoms with Crippen molar-refractivity contribution < 1.29 is 22.3 Å². The van der Waals surface area contributed by atoms with Gasteiger partial charge in [-0.3, -0.25) is 4.79 Å². The molecule has 7 heteroatoms. The van der Waals surface area contributed by atoms with Crippen LogP contribution in [0.1, 0.15) is 73.2 Å². The zero-order chi connectivity index (χ0) is 19.5. The van der Waals surface area contributed by atoms with Crippen molar-refractivity contribution in [3.8, 4) is 5.75 Å². The zero-order valence-corrected chi connectivity index (χ0v) is 16.6. The predicted octanol–water partition coefficient (Wildman–Crippen LogP) is 3.74. The van der Waals surface area contributed by atoms with E-state index in [-0.39, 0.29) is 11.5 Å². The van der Waals surface area contributed by atoms with E-state index in [1.54, 1.807) is 0 Å². The van der Waals surface area contributed by atoms with Crippen molar-refractivity contribution in [3.05, 3.63) is 29.1 Å². The predicted molar refractivity (Wildman–Crippen MR) is 102 cm³/mol. The van der Waals surface area contributed by atoms with Gasteiger partial charge in [-0.25, -0.2) is 17.5 Å². The molecule has 5 rings (SSSR count). The molecular formula is C21H26FNO4S. The normalized spacial score (nSPS) is 29.1. The average molecular weight is 408 g/mol. The minimum Gasteiger partial charge on any atom is -0.493 e. The fourth-order valence-corrected chi connectivity index (χ4v) is 5.83. The Morgan fingerprint density at radius 2 is 1.86 bits per heavy atom. The van der Waals surface area contributed by atoms with Crippen molar-refractivity contribution in [2.45, 2.75) is 62.5 Å². The highest BCUT2D eigenvalue weighted by molar-refractivity contribution is 7.91. The van der Waals surface area contributed by atoms with Crippen LogP contribution in [-0.2, 0) is 10.0 Å². The molecule has 0 bridgehead atoms. The summed E-state index contributed by atoms with van der Waals surface area (Å²) in [5.41, 5.74) is 0.618. The van der Waals surface area contributed by atoms with Gasteiger partial charge in [-0.1, -0.05) is 0 Å². The summed E-state index contributed by atoms with van der Waals surface area (Å²) in [5, 5.41) is -0.522. The largest absolute Gasteiger partial charge is 0.493 e. The average Bonchev–Trinajstić information content (AvgIpc) is 3.52. The number of fused-ring (bicyclic) bond motifs is 1. The second-order valence-corrected chi connectivity index (χ2v) is 11.0. The van der Waals surface area contributed by atoms with Gasteiger partial charge in [0.05, 0.1) is 17.4 Å². The lowest BCUT2D eigenvalue weighted by atomic mass is 9.90. The summed E-state index contributed by atoms with van der Waals surface area (Å²) in [7, 11) is -3.70. The van der Waals surface area contributed by atoms with Crippen molar-refractivity contribution in [3.63, 3.8) is 0 Å². The molecule has 0 aromatic heterocycles. The number of hydrogen-bond donors (Lipinski definition) is 1. The van der Waals surface area contributed by atoms with Gasteiger partial charge in [0.25, 0.3) is 5.91 Å². The van der Waals surface area contributed by atoms with Gasteiger partial charge in [0, 0.05) is 6.07 Å². The highest BCUT2D eigenvalue weighted by atomic mass is 32.2. The van der Waals surface area contributed by atoms with Gasteiger partial charge >= 0.3 is 0 Å². The van der Waals surface area contributed by atoms with Gasteiger partial charge in [0.1, 0.15) is 11.6 Å². The summed E-state index contributed by atoms with van der Waals surface area (Å²) < 4.78 is 46.7. The van der Waals surface area contributed by atoms with Gasteiger partial charge < -0.3 is 4.74 Å². The van der Waals surface area contributed by atoms with Crippen molar-refractivity contribution in [2.75, 3.05) is 6.61 Å². The van der Waals surface area contributed by atoms with E-state index in [4.69, 9.17) is 4.74 Å². The lowest BCUT2D eigenvalue weighted by Crippen LogP contribution is -2.33. The van der Waals surface area contributed by atoms with Gasteiger partial charge in [-0.05, 0) is 86.7 Å². The van der Waals surface area contributed by atoms with Gasteiger partial charge in [-0.15, -0.1) is 0 Å². The van der Waals surface area contributed by atoms with Gasteiger partial charge in [-0.2, -0.15) is 0 Å². The SMILES string of the molecule is O=C(NS(=O)(=O)C1CC1)c1cc(C2CC2)c(OCC2CC[C@H]3C[C@H]3C2)cc1F. The Hall–Kier alpha value is -1.63. The maximum Gasteiger partial charge on any atom is 0.267 e. The number of halogens is 1. The van der Waals surface area contributed by atoms with Crippen molar-refractivity contribution in [1.29, 1.82) is 0 Å². The van der Waals surface area contributed by atoms with Crippen molar-refractivity contribution in [2.24, 2.45) is 17.8 Å². The lowest BCUT2D eigenvalue weighted by Gasteiger charge is -2.22. The summed E-state index contributed by atoms with van der Waals surface area (Å²) in [5.74, 6) is 1.48. The molecule has 0 spiro atoms. The number of sulfonamides is 1. The highest BCUT2D eigenvalue weighted by Gasteiger charge is 2.42. The number of hydrogen-bond acceptors (Lipinski definition) is 4. The fraction of sp³-hybridized carbons (Fsp3) is 0.667. The molecule has 1 unspecified atom stereocenters. The third kappa shape index (κ3) is 3.78. The molecule has 152 valence electrons. The van der Waals surface area contributed by atoms with Crippen LogP contribution in [0.15, 0.2) is 12.1 Å². The Bertz CT molecular complexity index is 907. The van der Waals surface area contributed by atoms with Crippen LogP contribution in [-0.4, -0.2) is 26.2 Å². The minimum atomic E-state index is -3.70. The van der Waals surface area contributed by atoms with E-state index in [1.807, 2.05) is 4.72 Å². The number of nitrogens with one attached hydrogen (secondary N) is 1. The molecule has 1 amide bonds. The molecule has 1 aromatic carbocycles. The van der Waals surface area contributed by atoms with Crippen molar-refractivity contribution in [1.82, 2.24) is 4.72 Å². The van der Waals surface area contributed by atoms with Crippen LogP contribution in [0, 0.1) is 23.6 Å². The molecule has 0 heterocycles. The Morgan fingerprint density at radius 1 is 1.07 bits per heavy atom. The molecule has 0 saturated heterocycles. The van der Waals surface area contributed by atoms with Crippen LogP contribution in [0.25, 0.3) is 0 Å². The molecule has 1 aromatic rings. The van der Waals surface area contributed by atoms with E-state index in [9.17, 15) is 17.6 Å². The molecule has 0 aliphatic heterocycles.